The molecular weight excluding hydrogens is 200 g/mol. The third-order valence-corrected chi connectivity index (χ3v) is 2.57. The zero-order valence-corrected chi connectivity index (χ0v) is 9.93. The molecule has 0 saturated carbocycles. The van der Waals surface area contributed by atoms with Crippen molar-refractivity contribution in [1.29, 1.82) is 0 Å². The predicted octanol–water partition coefficient (Wildman–Crippen LogP) is 0.780. The molecule has 0 fully saturated rings. The van der Waals surface area contributed by atoms with Gasteiger partial charge in [-0.2, -0.15) is 0 Å². The van der Waals surface area contributed by atoms with Crippen molar-refractivity contribution in [3.63, 3.8) is 0 Å². The highest BCUT2D eigenvalue weighted by Gasteiger charge is 2.08. The van der Waals surface area contributed by atoms with E-state index in [4.69, 9.17) is 11.5 Å². The number of benzene rings is 1. The standard InChI is InChI=1S/C12H20N4/c1-10(8-15-12(13)14)16(2)9-11-6-4-3-5-7-11/h3-7,10H,8-9H2,1-2H3,(H4,13,14,15). The first-order valence-electron chi connectivity index (χ1n) is 5.39. The van der Waals surface area contributed by atoms with Crippen LogP contribution in [0.4, 0.5) is 0 Å². The number of rotatable bonds is 5. The van der Waals surface area contributed by atoms with Crippen LogP contribution in [-0.2, 0) is 6.54 Å². The third kappa shape index (κ3) is 4.31. The van der Waals surface area contributed by atoms with E-state index in [0.717, 1.165) is 6.54 Å². The van der Waals surface area contributed by atoms with Crippen LogP contribution in [0.3, 0.4) is 0 Å². The minimum absolute atomic E-state index is 0.153. The van der Waals surface area contributed by atoms with E-state index in [1.807, 2.05) is 18.2 Å². The van der Waals surface area contributed by atoms with Crippen LogP contribution < -0.4 is 11.5 Å². The highest BCUT2D eigenvalue weighted by atomic mass is 15.1. The van der Waals surface area contributed by atoms with Crippen LogP contribution in [0, 0.1) is 0 Å². The van der Waals surface area contributed by atoms with Gasteiger partial charge in [-0.15, -0.1) is 0 Å². The van der Waals surface area contributed by atoms with E-state index in [0.29, 0.717) is 12.6 Å². The summed E-state index contributed by atoms with van der Waals surface area (Å²) >= 11 is 0. The van der Waals surface area contributed by atoms with Gasteiger partial charge in [0.1, 0.15) is 0 Å². The average molecular weight is 220 g/mol. The molecule has 4 N–H and O–H groups in total. The molecule has 0 amide bonds. The first kappa shape index (κ1) is 12.5. The molecular formula is C12H20N4. The largest absolute Gasteiger partial charge is 0.370 e. The van der Waals surface area contributed by atoms with Gasteiger partial charge in [0.25, 0.3) is 0 Å². The number of aliphatic imine (C=N–C) groups is 1. The highest BCUT2D eigenvalue weighted by Crippen LogP contribution is 2.05. The lowest BCUT2D eigenvalue weighted by Gasteiger charge is -2.23. The molecule has 0 saturated heterocycles. The quantitative estimate of drug-likeness (QED) is 0.569. The fourth-order valence-corrected chi connectivity index (χ4v) is 1.40. The Labute approximate surface area is 97.0 Å². The zero-order chi connectivity index (χ0) is 12.0. The molecule has 1 aromatic rings. The van der Waals surface area contributed by atoms with Gasteiger partial charge >= 0.3 is 0 Å². The van der Waals surface area contributed by atoms with Crippen LogP contribution in [0.5, 0.6) is 0 Å². The van der Waals surface area contributed by atoms with Crippen molar-refractivity contribution < 1.29 is 0 Å². The average Bonchev–Trinajstić information content (AvgIpc) is 2.27. The van der Waals surface area contributed by atoms with Crippen molar-refractivity contribution in [2.24, 2.45) is 16.5 Å². The summed E-state index contributed by atoms with van der Waals surface area (Å²) in [5.41, 5.74) is 11.9. The first-order valence-corrected chi connectivity index (χ1v) is 5.39. The van der Waals surface area contributed by atoms with Crippen molar-refractivity contribution >= 4 is 5.96 Å². The highest BCUT2D eigenvalue weighted by molar-refractivity contribution is 5.75. The minimum Gasteiger partial charge on any atom is -0.370 e. The molecule has 0 aliphatic heterocycles. The second kappa shape index (κ2) is 6.12. The summed E-state index contributed by atoms with van der Waals surface area (Å²) in [6.07, 6.45) is 0. The van der Waals surface area contributed by atoms with Crippen LogP contribution in [0.15, 0.2) is 35.3 Å². The van der Waals surface area contributed by atoms with Crippen LogP contribution in [0.25, 0.3) is 0 Å². The van der Waals surface area contributed by atoms with Crippen molar-refractivity contribution in [2.75, 3.05) is 13.6 Å². The van der Waals surface area contributed by atoms with Crippen LogP contribution in [0.2, 0.25) is 0 Å². The fourth-order valence-electron chi connectivity index (χ4n) is 1.40. The van der Waals surface area contributed by atoms with E-state index in [1.165, 1.54) is 5.56 Å². The Bertz CT molecular complexity index is 330. The molecule has 1 unspecified atom stereocenters. The molecule has 0 bridgehead atoms. The Morgan fingerprint density at radius 1 is 1.31 bits per heavy atom. The van der Waals surface area contributed by atoms with Crippen LogP contribution >= 0.6 is 0 Å². The van der Waals surface area contributed by atoms with E-state index in [2.05, 4.69) is 36.0 Å². The Hall–Kier alpha value is -1.55. The lowest BCUT2D eigenvalue weighted by molar-refractivity contribution is 0.255. The smallest absolute Gasteiger partial charge is 0.185 e. The molecule has 0 aliphatic carbocycles. The van der Waals surface area contributed by atoms with Crippen molar-refractivity contribution in [3.05, 3.63) is 35.9 Å². The summed E-state index contributed by atoms with van der Waals surface area (Å²) in [5, 5.41) is 0. The molecule has 1 atom stereocenters. The lowest BCUT2D eigenvalue weighted by Crippen LogP contribution is -2.33. The Morgan fingerprint density at radius 2 is 1.94 bits per heavy atom. The topological polar surface area (TPSA) is 67.6 Å². The van der Waals surface area contributed by atoms with E-state index in [1.54, 1.807) is 0 Å². The SMILES string of the molecule is CC(CN=C(N)N)N(C)Cc1ccccc1. The molecule has 0 radical (unpaired) electrons. The van der Waals surface area contributed by atoms with Gasteiger partial charge in [0.15, 0.2) is 5.96 Å². The molecule has 0 aromatic heterocycles. The molecule has 88 valence electrons. The zero-order valence-electron chi connectivity index (χ0n) is 9.93. The monoisotopic (exact) mass is 220 g/mol. The van der Waals surface area contributed by atoms with Gasteiger partial charge in [-0.25, -0.2) is 0 Å². The van der Waals surface area contributed by atoms with Gasteiger partial charge in [-0.3, -0.25) is 9.89 Å². The van der Waals surface area contributed by atoms with Crippen LogP contribution in [0.1, 0.15) is 12.5 Å². The summed E-state index contributed by atoms with van der Waals surface area (Å²) in [5.74, 6) is 0.153. The first-order chi connectivity index (χ1) is 7.59. The minimum atomic E-state index is 0.153. The molecule has 0 spiro atoms. The summed E-state index contributed by atoms with van der Waals surface area (Å²) in [6, 6.07) is 10.7. The second-order valence-corrected chi connectivity index (χ2v) is 4.02. The maximum absolute atomic E-state index is 5.30. The number of hydrogen-bond donors (Lipinski definition) is 2. The summed E-state index contributed by atoms with van der Waals surface area (Å²) in [7, 11) is 2.07. The van der Waals surface area contributed by atoms with Gasteiger partial charge < -0.3 is 11.5 Å². The maximum atomic E-state index is 5.30. The van der Waals surface area contributed by atoms with E-state index >= 15 is 0 Å². The normalized spacial score (nSPS) is 12.4. The molecule has 0 heterocycles. The van der Waals surface area contributed by atoms with Crippen molar-refractivity contribution in [2.45, 2.75) is 19.5 Å². The summed E-state index contributed by atoms with van der Waals surface area (Å²) in [4.78, 5) is 6.24. The number of likely N-dealkylation sites (N-methyl/N-ethyl adjacent to an activating group) is 1. The van der Waals surface area contributed by atoms with Crippen LogP contribution in [-0.4, -0.2) is 30.5 Å². The van der Waals surface area contributed by atoms with Gasteiger partial charge in [0.05, 0.1) is 6.54 Å². The number of hydrogen-bond acceptors (Lipinski definition) is 2. The van der Waals surface area contributed by atoms with E-state index in [9.17, 15) is 0 Å². The Kier molecular flexibility index (Phi) is 4.79. The summed E-state index contributed by atoms with van der Waals surface area (Å²) < 4.78 is 0. The molecule has 0 aliphatic rings. The molecule has 4 heteroatoms. The predicted molar refractivity (Wildman–Crippen MR) is 68.0 cm³/mol. The van der Waals surface area contributed by atoms with Crippen molar-refractivity contribution in [1.82, 2.24) is 4.90 Å². The van der Waals surface area contributed by atoms with Crippen molar-refractivity contribution in [3.8, 4) is 0 Å². The molecule has 1 rings (SSSR count). The lowest BCUT2D eigenvalue weighted by atomic mass is 10.2. The molecule has 16 heavy (non-hydrogen) atoms. The Morgan fingerprint density at radius 3 is 2.50 bits per heavy atom. The third-order valence-electron chi connectivity index (χ3n) is 2.57. The number of guanidine groups is 1. The van der Waals surface area contributed by atoms with E-state index in [-0.39, 0.29) is 5.96 Å². The fraction of sp³-hybridized carbons (Fsp3) is 0.417. The van der Waals surface area contributed by atoms with E-state index < -0.39 is 0 Å². The number of nitrogens with two attached hydrogens (primary N) is 2. The second-order valence-electron chi connectivity index (χ2n) is 4.02. The molecule has 4 nitrogen and oxygen atoms in total. The van der Waals surface area contributed by atoms with Gasteiger partial charge in [0, 0.05) is 12.6 Å². The maximum Gasteiger partial charge on any atom is 0.185 e. The Balaban J connectivity index is 2.46. The number of nitrogens with zero attached hydrogens (tertiary/aromatic N) is 2. The van der Waals surface area contributed by atoms with Gasteiger partial charge in [0.2, 0.25) is 0 Å². The molecule has 1 aromatic carbocycles. The van der Waals surface area contributed by atoms with Gasteiger partial charge in [-0.05, 0) is 19.5 Å². The van der Waals surface area contributed by atoms with Gasteiger partial charge in [-0.1, -0.05) is 30.3 Å². The summed E-state index contributed by atoms with van der Waals surface area (Å²) in [6.45, 7) is 3.64.